The molecule has 0 aliphatic rings. The van der Waals surface area contributed by atoms with Gasteiger partial charge in [-0.25, -0.2) is 4.98 Å². The van der Waals surface area contributed by atoms with E-state index >= 15 is 0 Å². The molecule has 0 unspecified atom stereocenters. The molecule has 0 fully saturated rings. The summed E-state index contributed by atoms with van der Waals surface area (Å²) in [4.78, 5) is 3.91. The molecule has 1 heterocycles. The van der Waals surface area contributed by atoms with E-state index in [0.29, 0.717) is 22.3 Å². The summed E-state index contributed by atoms with van der Waals surface area (Å²) < 4.78 is 0. The number of benzene rings is 1. The molecule has 5 heteroatoms. The Morgan fingerprint density at radius 2 is 2.06 bits per heavy atom. The quantitative estimate of drug-likeness (QED) is 0.927. The summed E-state index contributed by atoms with van der Waals surface area (Å²) >= 11 is 11.9. The molecule has 1 N–H and O–H groups in total. The number of nitrogens with zero attached hydrogens (tertiary/aromatic N) is 2. The molecule has 0 bridgehead atoms. The predicted octanol–water partition coefficient (Wildman–Crippen LogP) is 3.87. The van der Waals surface area contributed by atoms with E-state index in [-0.39, 0.29) is 0 Å². The molecular weight excluding hydrogens is 269 g/mol. The minimum atomic E-state index is 0.400. The van der Waals surface area contributed by atoms with Crippen molar-refractivity contribution in [2.45, 2.75) is 6.54 Å². The maximum Gasteiger partial charge on any atom is 0.140 e. The van der Waals surface area contributed by atoms with Crippen molar-refractivity contribution >= 4 is 28.9 Å². The van der Waals surface area contributed by atoms with Crippen LogP contribution in [0.3, 0.4) is 0 Å². The highest BCUT2D eigenvalue weighted by Crippen LogP contribution is 2.25. The Bertz CT molecular complexity index is 605. The Hall–Kier alpha value is -1.76. The molecule has 0 amide bonds. The van der Waals surface area contributed by atoms with Gasteiger partial charge < -0.3 is 5.32 Å². The molecule has 0 aliphatic heterocycles. The van der Waals surface area contributed by atoms with Crippen molar-refractivity contribution in [2.75, 3.05) is 5.32 Å². The summed E-state index contributed by atoms with van der Waals surface area (Å²) in [5, 5.41) is 13.1. The normalized spacial score (nSPS) is 9.83. The average Bonchev–Trinajstić information content (AvgIpc) is 2.38. The second-order valence-electron chi connectivity index (χ2n) is 3.64. The van der Waals surface area contributed by atoms with Crippen LogP contribution in [0.1, 0.15) is 11.3 Å². The first kappa shape index (κ1) is 12.7. The Balaban J connectivity index is 2.09. The molecule has 0 atom stereocenters. The lowest BCUT2D eigenvalue weighted by Gasteiger charge is -2.08. The lowest BCUT2D eigenvalue weighted by molar-refractivity contribution is 1.12. The van der Waals surface area contributed by atoms with Crippen LogP contribution in [0.15, 0.2) is 36.5 Å². The zero-order valence-electron chi connectivity index (χ0n) is 9.32. The van der Waals surface area contributed by atoms with Crippen LogP contribution in [-0.2, 0) is 6.54 Å². The Kier molecular flexibility index (Phi) is 4.03. The summed E-state index contributed by atoms with van der Waals surface area (Å²) in [5.41, 5.74) is 2.17. The molecule has 0 aliphatic carbocycles. The third kappa shape index (κ3) is 3.13. The third-order valence-corrected chi connectivity index (χ3v) is 2.90. The Morgan fingerprint density at radius 1 is 1.22 bits per heavy atom. The minimum Gasteiger partial charge on any atom is -0.380 e. The molecule has 18 heavy (non-hydrogen) atoms. The highest BCUT2D eigenvalue weighted by atomic mass is 35.5. The highest BCUT2D eigenvalue weighted by molar-refractivity contribution is 6.36. The summed E-state index contributed by atoms with van der Waals surface area (Å²) in [6, 6.07) is 10.8. The average molecular weight is 278 g/mol. The fourth-order valence-electron chi connectivity index (χ4n) is 1.48. The predicted molar refractivity (Wildman–Crippen MR) is 72.7 cm³/mol. The van der Waals surface area contributed by atoms with E-state index in [1.165, 1.54) is 0 Å². The standard InChI is InChI=1S/C13H9Cl2N3/c14-10-1-2-13(12(15)6-10)18-8-9-3-4-17-11(5-9)7-16/h1-6,18H,8H2. The van der Waals surface area contributed by atoms with Crippen molar-refractivity contribution in [3.63, 3.8) is 0 Å². The number of hydrogen-bond donors (Lipinski definition) is 1. The first-order chi connectivity index (χ1) is 8.69. The smallest absolute Gasteiger partial charge is 0.140 e. The van der Waals surface area contributed by atoms with Gasteiger partial charge in [0.2, 0.25) is 0 Å². The molecule has 0 saturated heterocycles. The highest BCUT2D eigenvalue weighted by Gasteiger charge is 2.01. The summed E-state index contributed by atoms with van der Waals surface area (Å²) in [7, 11) is 0. The number of aromatic nitrogens is 1. The van der Waals surface area contributed by atoms with Crippen molar-refractivity contribution in [2.24, 2.45) is 0 Å². The van der Waals surface area contributed by atoms with Gasteiger partial charge in [-0.15, -0.1) is 0 Å². The summed E-state index contributed by atoms with van der Waals surface area (Å²) in [6.07, 6.45) is 1.61. The lowest BCUT2D eigenvalue weighted by atomic mass is 10.2. The van der Waals surface area contributed by atoms with Gasteiger partial charge in [-0.2, -0.15) is 5.26 Å². The van der Waals surface area contributed by atoms with Gasteiger partial charge in [0.15, 0.2) is 0 Å². The number of hydrogen-bond acceptors (Lipinski definition) is 3. The fourth-order valence-corrected chi connectivity index (χ4v) is 1.95. The molecule has 0 spiro atoms. The van der Waals surface area contributed by atoms with Gasteiger partial charge in [-0.3, -0.25) is 0 Å². The monoisotopic (exact) mass is 277 g/mol. The van der Waals surface area contributed by atoms with Crippen molar-refractivity contribution in [1.29, 1.82) is 5.26 Å². The zero-order chi connectivity index (χ0) is 13.0. The Morgan fingerprint density at radius 3 is 2.78 bits per heavy atom. The van der Waals surface area contributed by atoms with Gasteiger partial charge in [0, 0.05) is 17.8 Å². The second-order valence-corrected chi connectivity index (χ2v) is 4.48. The van der Waals surface area contributed by atoms with E-state index in [1.807, 2.05) is 18.2 Å². The van der Waals surface area contributed by atoms with Crippen LogP contribution in [-0.4, -0.2) is 4.98 Å². The van der Waals surface area contributed by atoms with Gasteiger partial charge in [0.05, 0.1) is 10.7 Å². The number of nitrogens with one attached hydrogen (secondary N) is 1. The molecule has 0 saturated carbocycles. The Labute approximate surface area is 115 Å². The van der Waals surface area contributed by atoms with Crippen molar-refractivity contribution in [1.82, 2.24) is 4.98 Å². The summed E-state index contributed by atoms with van der Waals surface area (Å²) in [5.74, 6) is 0. The van der Waals surface area contributed by atoms with E-state index in [1.54, 1.807) is 24.4 Å². The molecule has 3 nitrogen and oxygen atoms in total. The number of halogens is 2. The van der Waals surface area contributed by atoms with Crippen LogP contribution in [0, 0.1) is 11.3 Å². The number of nitriles is 1. The largest absolute Gasteiger partial charge is 0.380 e. The van der Waals surface area contributed by atoms with Crippen LogP contribution in [0.4, 0.5) is 5.69 Å². The molecule has 90 valence electrons. The molecule has 2 aromatic rings. The van der Waals surface area contributed by atoms with Crippen LogP contribution >= 0.6 is 23.2 Å². The lowest BCUT2D eigenvalue weighted by Crippen LogP contribution is -2.00. The molecular formula is C13H9Cl2N3. The van der Waals surface area contributed by atoms with Crippen molar-refractivity contribution in [3.05, 3.63) is 57.8 Å². The van der Waals surface area contributed by atoms with Crippen LogP contribution < -0.4 is 5.32 Å². The molecule has 1 aromatic carbocycles. The topological polar surface area (TPSA) is 48.7 Å². The number of rotatable bonds is 3. The van der Waals surface area contributed by atoms with E-state index in [4.69, 9.17) is 28.5 Å². The van der Waals surface area contributed by atoms with Gasteiger partial charge in [0.1, 0.15) is 11.8 Å². The first-order valence-corrected chi connectivity index (χ1v) is 5.98. The van der Waals surface area contributed by atoms with Gasteiger partial charge in [-0.1, -0.05) is 23.2 Å². The third-order valence-electron chi connectivity index (χ3n) is 2.35. The molecule has 0 radical (unpaired) electrons. The SMILES string of the molecule is N#Cc1cc(CNc2ccc(Cl)cc2Cl)ccn1. The maximum absolute atomic E-state index is 8.75. The summed E-state index contributed by atoms with van der Waals surface area (Å²) in [6.45, 7) is 0.568. The minimum absolute atomic E-state index is 0.400. The van der Waals surface area contributed by atoms with Gasteiger partial charge in [0.25, 0.3) is 0 Å². The fraction of sp³-hybridized carbons (Fsp3) is 0.0769. The van der Waals surface area contributed by atoms with Crippen LogP contribution in [0.2, 0.25) is 10.0 Å². The van der Waals surface area contributed by atoms with E-state index in [2.05, 4.69) is 10.3 Å². The van der Waals surface area contributed by atoms with Crippen LogP contribution in [0.5, 0.6) is 0 Å². The number of pyridine rings is 1. The van der Waals surface area contributed by atoms with E-state index < -0.39 is 0 Å². The zero-order valence-corrected chi connectivity index (χ0v) is 10.8. The first-order valence-electron chi connectivity index (χ1n) is 5.23. The van der Waals surface area contributed by atoms with Crippen molar-refractivity contribution < 1.29 is 0 Å². The van der Waals surface area contributed by atoms with Crippen molar-refractivity contribution in [3.8, 4) is 6.07 Å². The van der Waals surface area contributed by atoms with E-state index in [9.17, 15) is 0 Å². The second kappa shape index (κ2) is 5.72. The van der Waals surface area contributed by atoms with Gasteiger partial charge in [-0.05, 0) is 35.9 Å². The maximum atomic E-state index is 8.75. The molecule has 1 aromatic heterocycles. The van der Waals surface area contributed by atoms with E-state index in [0.717, 1.165) is 11.3 Å². The number of anilines is 1. The van der Waals surface area contributed by atoms with Crippen LogP contribution in [0.25, 0.3) is 0 Å². The molecule has 2 rings (SSSR count). The van der Waals surface area contributed by atoms with Gasteiger partial charge >= 0.3 is 0 Å².